The van der Waals surface area contributed by atoms with Gasteiger partial charge in [0.1, 0.15) is 0 Å². The fraction of sp³-hybridized carbons (Fsp3) is 0.950. The first kappa shape index (κ1) is 21.5. The molecule has 6 nitrogen and oxygen atoms in total. The first-order chi connectivity index (χ1) is 12.5. The number of likely N-dealkylation sites (tertiary alicyclic amines) is 1. The summed E-state index contributed by atoms with van der Waals surface area (Å²) in [5.74, 6) is 1.04. The minimum absolute atomic E-state index is 0.144. The van der Waals surface area contributed by atoms with E-state index in [1.807, 2.05) is 0 Å². The van der Waals surface area contributed by atoms with Gasteiger partial charge in [-0.1, -0.05) is 0 Å². The van der Waals surface area contributed by atoms with Crippen LogP contribution in [0.1, 0.15) is 59.8 Å². The van der Waals surface area contributed by atoms with E-state index in [9.17, 15) is 0 Å². The molecule has 2 N–H and O–H groups in total. The lowest BCUT2D eigenvalue weighted by molar-refractivity contribution is -0.0721. The predicted molar refractivity (Wildman–Crippen MR) is 108 cm³/mol. The molecule has 2 fully saturated rings. The van der Waals surface area contributed by atoms with E-state index in [0.717, 1.165) is 71.2 Å². The number of nitrogens with zero attached hydrogens (tertiary/aromatic N) is 2. The van der Waals surface area contributed by atoms with Gasteiger partial charge < -0.3 is 25.0 Å². The maximum absolute atomic E-state index is 6.12. The summed E-state index contributed by atoms with van der Waals surface area (Å²) in [6.45, 7) is 15.0. The van der Waals surface area contributed by atoms with Crippen LogP contribution < -0.4 is 10.6 Å². The van der Waals surface area contributed by atoms with Gasteiger partial charge >= 0.3 is 0 Å². The number of piperidine rings is 1. The van der Waals surface area contributed by atoms with Crippen molar-refractivity contribution in [1.82, 2.24) is 15.5 Å². The largest absolute Gasteiger partial charge is 0.376 e. The van der Waals surface area contributed by atoms with Crippen molar-refractivity contribution in [3.8, 4) is 0 Å². The molecule has 0 bridgehead atoms. The molecular weight excluding hydrogens is 328 g/mol. The molecule has 26 heavy (non-hydrogen) atoms. The Kier molecular flexibility index (Phi) is 9.16. The molecule has 0 aliphatic carbocycles. The number of ether oxygens (including phenoxy) is 2. The highest BCUT2D eigenvalue weighted by molar-refractivity contribution is 5.80. The van der Waals surface area contributed by atoms with Gasteiger partial charge in [-0.15, -0.1) is 0 Å². The van der Waals surface area contributed by atoms with Gasteiger partial charge in [-0.3, -0.25) is 4.99 Å². The van der Waals surface area contributed by atoms with Crippen LogP contribution in [0.2, 0.25) is 0 Å². The standard InChI is InChI=1S/C20H40N4O2/c1-5-21-19(22-11-12-23-20(2,3)4)24-13-9-17(10-14-24)26-16-18-8-6-7-15-25-18/h17-18,23H,5-16H2,1-4H3,(H,21,22). The summed E-state index contributed by atoms with van der Waals surface area (Å²) in [6, 6.07) is 0. The molecule has 152 valence electrons. The van der Waals surface area contributed by atoms with Gasteiger partial charge in [0.25, 0.3) is 0 Å². The van der Waals surface area contributed by atoms with Crippen molar-refractivity contribution >= 4 is 5.96 Å². The normalized spacial score (nSPS) is 23.3. The number of guanidine groups is 1. The summed E-state index contributed by atoms with van der Waals surface area (Å²) in [7, 11) is 0. The Morgan fingerprint density at radius 1 is 1.19 bits per heavy atom. The molecule has 0 radical (unpaired) electrons. The first-order valence-electron chi connectivity index (χ1n) is 10.5. The molecule has 0 aromatic heterocycles. The summed E-state index contributed by atoms with van der Waals surface area (Å²) in [6.07, 6.45) is 6.44. The average molecular weight is 369 g/mol. The molecule has 2 saturated heterocycles. The van der Waals surface area contributed by atoms with Gasteiger partial charge in [0.15, 0.2) is 5.96 Å². The molecule has 2 aliphatic rings. The molecule has 0 aromatic rings. The molecule has 2 rings (SSSR count). The van der Waals surface area contributed by atoms with Gasteiger partial charge in [-0.25, -0.2) is 0 Å². The van der Waals surface area contributed by atoms with Crippen molar-refractivity contribution in [3.05, 3.63) is 0 Å². The van der Waals surface area contributed by atoms with E-state index in [1.165, 1.54) is 12.8 Å². The molecular formula is C20H40N4O2. The SMILES string of the molecule is CCNC(=NCCNC(C)(C)C)N1CCC(OCC2CCCCO2)CC1. The van der Waals surface area contributed by atoms with E-state index in [0.29, 0.717) is 12.2 Å². The van der Waals surface area contributed by atoms with E-state index in [1.54, 1.807) is 0 Å². The molecule has 6 heteroatoms. The Balaban J connectivity index is 1.70. The number of nitrogens with one attached hydrogen (secondary N) is 2. The number of aliphatic imine (C=N–C) groups is 1. The Morgan fingerprint density at radius 2 is 1.96 bits per heavy atom. The Hall–Kier alpha value is -0.850. The molecule has 0 aromatic carbocycles. The van der Waals surface area contributed by atoms with Crippen molar-refractivity contribution in [2.75, 3.05) is 45.9 Å². The lowest BCUT2D eigenvalue weighted by Crippen LogP contribution is -2.47. The zero-order valence-corrected chi connectivity index (χ0v) is 17.4. The predicted octanol–water partition coefficient (Wildman–Crippen LogP) is 2.39. The molecule has 1 unspecified atom stereocenters. The average Bonchev–Trinajstić information content (AvgIpc) is 2.63. The third kappa shape index (κ3) is 8.23. The van der Waals surface area contributed by atoms with Gasteiger partial charge in [0.2, 0.25) is 0 Å². The van der Waals surface area contributed by atoms with Crippen molar-refractivity contribution < 1.29 is 9.47 Å². The van der Waals surface area contributed by atoms with E-state index >= 15 is 0 Å². The van der Waals surface area contributed by atoms with E-state index in [2.05, 4.69) is 43.2 Å². The zero-order valence-electron chi connectivity index (χ0n) is 17.4. The van der Waals surface area contributed by atoms with Crippen LogP contribution >= 0.6 is 0 Å². The zero-order chi connectivity index (χ0) is 18.8. The third-order valence-corrected chi connectivity index (χ3v) is 4.90. The van der Waals surface area contributed by atoms with Crippen molar-refractivity contribution in [2.45, 2.75) is 77.5 Å². The minimum Gasteiger partial charge on any atom is -0.376 e. The van der Waals surface area contributed by atoms with Gasteiger partial charge in [-0.05, 0) is 59.8 Å². The van der Waals surface area contributed by atoms with E-state index < -0.39 is 0 Å². The van der Waals surface area contributed by atoms with Crippen LogP contribution in [0.5, 0.6) is 0 Å². The second-order valence-electron chi connectivity index (χ2n) is 8.42. The lowest BCUT2D eigenvalue weighted by Gasteiger charge is -2.35. The van der Waals surface area contributed by atoms with Crippen LogP contribution in [0.25, 0.3) is 0 Å². The summed E-state index contributed by atoms with van der Waals surface area (Å²) < 4.78 is 11.9. The van der Waals surface area contributed by atoms with Crippen LogP contribution in [0.4, 0.5) is 0 Å². The van der Waals surface area contributed by atoms with Gasteiger partial charge in [-0.2, -0.15) is 0 Å². The Bertz CT molecular complexity index is 409. The van der Waals surface area contributed by atoms with Gasteiger partial charge in [0, 0.05) is 38.3 Å². The molecule has 0 spiro atoms. The monoisotopic (exact) mass is 368 g/mol. The van der Waals surface area contributed by atoms with Crippen LogP contribution in [-0.4, -0.2) is 74.5 Å². The first-order valence-corrected chi connectivity index (χ1v) is 10.5. The van der Waals surface area contributed by atoms with E-state index in [-0.39, 0.29) is 5.54 Å². The van der Waals surface area contributed by atoms with Crippen LogP contribution in [-0.2, 0) is 9.47 Å². The molecule has 0 saturated carbocycles. The highest BCUT2D eigenvalue weighted by Crippen LogP contribution is 2.18. The maximum atomic E-state index is 6.12. The smallest absolute Gasteiger partial charge is 0.193 e. The maximum Gasteiger partial charge on any atom is 0.193 e. The molecule has 2 aliphatic heterocycles. The Morgan fingerprint density at radius 3 is 2.58 bits per heavy atom. The summed E-state index contributed by atoms with van der Waals surface area (Å²) in [4.78, 5) is 7.17. The summed E-state index contributed by atoms with van der Waals surface area (Å²) in [5, 5.41) is 6.93. The number of hydrogen-bond acceptors (Lipinski definition) is 4. The minimum atomic E-state index is 0.144. The van der Waals surface area contributed by atoms with Crippen molar-refractivity contribution in [2.24, 2.45) is 4.99 Å². The third-order valence-electron chi connectivity index (χ3n) is 4.90. The quantitative estimate of drug-likeness (QED) is 0.410. The highest BCUT2D eigenvalue weighted by Gasteiger charge is 2.23. The van der Waals surface area contributed by atoms with Crippen LogP contribution in [0.3, 0.4) is 0 Å². The fourth-order valence-electron chi connectivity index (χ4n) is 3.44. The molecule has 1 atom stereocenters. The van der Waals surface area contributed by atoms with Crippen LogP contribution in [0, 0.1) is 0 Å². The lowest BCUT2D eigenvalue weighted by atomic mass is 10.1. The number of hydrogen-bond donors (Lipinski definition) is 2. The topological polar surface area (TPSA) is 58.1 Å². The second kappa shape index (κ2) is 11.1. The van der Waals surface area contributed by atoms with Crippen molar-refractivity contribution in [3.63, 3.8) is 0 Å². The highest BCUT2D eigenvalue weighted by atomic mass is 16.5. The molecule has 0 amide bonds. The summed E-state index contributed by atoms with van der Waals surface area (Å²) >= 11 is 0. The van der Waals surface area contributed by atoms with Gasteiger partial charge in [0.05, 0.1) is 25.4 Å². The second-order valence-corrected chi connectivity index (χ2v) is 8.42. The fourth-order valence-corrected chi connectivity index (χ4v) is 3.44. The van der Waals surface area contributed by atoms with Crippen molar-refractivity contribution in [1.29, 1.82) is 0 Å². The van der Waals surface area contributed by atoms with E-state index in [4.69, 9.17) is 14.5 Å². The number of rotatable bonds is 7. The van der Waals surface area contributed by atoms with Crippen LogP contribution in [0.15, 0.2) is 4.99 Å². The Labute approximate surface area is 160 Å². The molecule has 2 heterocycles. The summed E-state index contributed by atoms with van der Waals surface area (Å²) in [5.41, 5.74) is 0.144.